The molecule has 4 nitrogen and oxygen atoms in total. The Balaban J connectivity index is 1.92. The molecule has 142 valence electrons. The average Bonchev–Trinajstić information content (AvgIpc) is 2.97. The van der Waals surface area contributed by atoms with Crippen molar-refractivity contribution >= 4 is 5.78 Å². The number of aliphatic hydroxyl groups excluding tert-OH is 1. The minimum absolute atomic E-state index is 0.0401. The van der Waals surface area contributed by atoms with Gasteiger partial charge in [0.05, 0.1) is 12.3 Å². The molecular formula is C22H32N2O2. The summed E-state index contributed by atoms with van der Waals surface area (Å²) in [5, 5.41) is 9.28. The van der Waals surface area contributed by atoms with Crippen molar-refractivity contribution in [3.05, 3.63) is 58.4 Å². The monoisotopic (exact) mass is 356 g/mol. The topological polar surface area (TPSA) is 68.2 Å². The maximum Gasteiger partial charge on any atom is 0.179 e. The fourth-order valence-corrected chi connectivity index (χ4v) is 3.21. The van der Waals surface area contributed by atoms with Crippen LogP contribution in [0.4, 0.5) is 0 Å². The van der Waals surface area contributed by atoms with Crippen LogP contribution in [0.1, 0.15) is 59.1 Å². The Bertz CT molecular complexity index is 759. The van der Waals surface area contributed by atoms with Gasteiger partial charge >= 0.3 is 0 Å². The summed E-state index contributed by atoms with van der Waals surface area (Å²) in [6.07, 6.45) is 3.77. The number of aryl methyl sites for hydroxylation is 4. The van der Waals surface area contributed by atoms with Crippen molar-refractivity contribution in [2.24, 2.45) is 12.8 Å². The van der Waals surface area contributed by atoms with Gasteiger partial charge in [0, 0.05) is 24.7 Å². The van der Waals surface area contributed by atoms with Crippen molar-refractivity contribution in [1.82, 2.24) is 4.57 Å². The number of ketones is 1. The van der Waals surface area contributed by atoms with E-state index in [1.807, 2.05) is 30.7 Å². The van der Waals surface area contributed by atoms with E-state index in [1.54, 1.807) is 0 Å². The van der Waals surface area contributed by atoms with E-state index >= 15 is 0 Å². The first-order valence-corrected chi connectivity index (χ1v) is 9.37. The third-order valence-electron chi connectivity index (χ3n) is 5.18. The molecule has 1 unspecified atom stereocenters. The second kappa shape index (κ2) is 8.65. The van der Waals surface area contributed by atoms with Crippen molar-refractivity contribution < 1.29 is 9.90 Å². The molecule has 0 radical (unpaired) electrons. The highest BCUT2D eigenvalue weighted by molar-refractivity contribution is 5.94. The van der Waals surface area contributed by atoms with Crippen molar-refractivity contribution in [2.45, 2.75) is 58.4 Å². The van der Waals surface area contributed by atoms with Crippen LogP contribution in [-0.4, -0.2) is 27.6 Å². The van der Waals surface area contributed by atoms with Crippen LogP contribution in [-0.2, 0) is 19.9 Å². The maximum atomic E-state index is 12.6. The summed E-state index contributed by atoms with van der Waals surface area (Å²) in [5.74, 6) is 0.182. The molecule has 0 aliphatic rings. The zero-order valence-electron chi connectivity index (χ0n) is 16.5. The summed E-state index contributed by atoms with van der Waals surface area (Å²) in [5.41, 5.74) is 11.1. The van der Waals surface area contributed by atoms with Gasteiger partial charge in [0.25, 0.3) is 0 Å². The molecule has 1 heterocycles. The molecule has 0 saturated heterocycles. The lowest BCUT2D eigenvalue weighted by atomic mass is 9.97. The SMILES string of the molecule is Cc1ccc(C)c(CCCC(=O)c2ccc(CCC(C)(N)CO)n2C)c1. The van der Waals surface area contributed by atoms with Crippen molar-refractivity contribution in [3.8, 4) is 0 Å². The smallest absolute Gasteiger partial charge is 0.179 e. The second-order valence-corrected chi connectivity index (χ2v) is 7.79. The highest BCUT2D eigenvalue weighted by Gasteiger charge is 2.19. The van der Waals surface area contributed by atoms with E-state index in [2.05, 4.69) is 32.0 Å². The minimum Gasteiger partial charge on any atom is -0.394 e. The lowest BCUT2D eigenvalue weighted by molar-refractivity contribution is 0.0972. The fourth-order valence-electron chi connectivity index (χ4n) is 3.21. The summed E-state index contributed by atoms with van der Waals surface area (Å²) in [6, 6.07) is 10.4. The van der Waals surface area contributed by atoms with Gasteiger partial charge in [-0.3, -0.25) is 4.79 Å². The van der Waals surface area contributed by atoms with E-state index in [0.29, 0.717) is 12.8 Å². The molecule has 0 fully saturated rings. The van der Waals surface area contributed by atoms with Crippen LogP contribution in [0.2, 0.25) is 0 Å². The van der Waals surface area contributed by atoms with Gasteiger partial charge in [-0.15, -0.1) is 0 Å². The molecule has 0 bridgehead atoms. The number of carbonyl (C=O) groups is 1. The largest absolute Gasteiger partial charge is 0.394 e. The Morgan fingerprint density at radius 2 is 1.92 bits per heavy atom. The van der Waals surface area contributed by atoms with E-state index in [0.717, 1.165) is 30.7 Å². The molecular weight excluding hydrogens is 324 g/mol. The zero-order valence-corrected chi connectivity index (χ0v) is 16.5. The molecule has 0 aliphatic carbocycles. The number of carbonyl (C=O) groups excluding carboxylic acids is 1. The second-order valence-electron chi connectivity index (χ2n) is 7.79. The molecule has 1 atom stereocenters. The van der Waals surface area contributed by atoms with E-state index in [1.165, 1.54) is 16.7 Å². The van der Waals surface area contributed by atoms with E-state index in [4.69, 9.17) is 5.73 Å². The number of aromatic nitrogens is 1. The Morgan fingerprint density at radius 1 is 1.19 bits per heavy atom. The molecule has 3 N–H and O–H groups in total. The molecule has 1 aromatic heterocycles. The first kappa shape index (κ1) is 20.4. The quantitative estimate of drug-likeness (QED) is 0.676. The molecule has 0 saturated carbocycles. The zero-order chi connectivity index (χ0) is 19.3. The predicted molar refractivity (Wildman–Crippen MR) is 107 cm³/mol. The lowest BCUT2D eigenvalue weighted by Gasteiger charge is -2.21. The Hall–Kier alpha value is -1.91. The minimum atomic E-state index is -0.583. The molecule has 4 heteroatoms. The van der Waals surface area contributed by atoms with Gasteiger partial charge in [-0.1, -0.05) is 23.8 Å². The normalized spacial score (nSPS) is 13.6. The highest BCUT2D eigenvalue weighted by Crippen LogP contribution is 2.18. The standard InChI is InChI=1S/C22H32N2O2/c1-16-8-9-17(2)18(14-16)6-5-7-21(26)20-11-10-19(24(20)4)12-13-22(3,23)15-25/h8-11,14,25H,5-7,12-13,15,23H2,1-4H3. The van der Waals surface area contributed by atoms with Gasteiger partial charge in [0.1, 0.15) is 0 Å². The molecule has 1 aromatic carbocycles. The number of aliphatic hydroxyl groups is 1. The van der Waals surface area contributed by atoms with Gasteiger partial charge in [0.2, 0.25) is 0 Å². The van der Waals surface area contributed by atoms with Crippen molar-refractivity contribution in [1.29, 1.82) is 0 Å². The third kappa shape index (κ3) is 5.29. The highest BCUT2D eigenvalue weighted by atomic mass is 16.3. The predicted octanol–water partition coefficient (Wildman–Crippen LogP) is 3.49. The maximum absolute atomic E-state index is 12.6. The summed E-state index contributed by atoms with van der Waals surface area (Å²) >= 11 is 0. The number of nitrogens with zero attached hydrogens (tertiary/aromatic N) is 1. The molecule has 0 spiro atoms. The van der Waals surface area contributed by atoms with Gasteiger partial charge in [0.15, 0.2) is 5.78 Å². The average molecular weight is 357 g/mol. The van der Waals surface area contributed by atoms with Crippen molar-refractivity contribution in [3.63, 3.8) is 0 Å². The molecule has 26 heavy (non-hydrogen) atoms. The fraction of sp³-hybridized carbons (Fsp3) is 0.500. The first-order chi connectivity index (χ1) is 12.2. The van der Waals surface area contributed by atoms with Crippen LogP contribution >= 0.6 is 0 Å². The van der Waals surface area contributed by atoms with Crippen LogP contribution in [0.3, 0.4) is 0 Å². The lowest BCUT2D eigenvalue weighted by Crippen LogP contribution is -2.40. The van der Waals surface area contributed by atoms with E-state index < -0.39 is 5.54 Å². The Labute approximate surface area is 157 Å². The summed E-state index contributed by atoms with van der Waals surface area (Å²) < 4.78 is 1.97. The number of nitrogens with two attached hydrogens (primary N) is 1. The molecule has 2 rings (SSSR count). The van der Waals surface area contributed by atoms with Gasteiger partial charge in [-0.05, 0) is 69.7 Å². The number of rotatable bonds is 9. The van der Waals surface area contributed by atoms with Crippen LogP contribution in [0.15, 0.2) is 30.3 Å². The van der Waals surface area contributed by atoms with Crippen LogP contribution in [0.5, 0.6) is 0 Å². The van der Waals surface area contributed by atoms with Crippen molar-refractivity contribution in [2.75, 3.05) is 6.61 Å². The number of hydrogen-bond acceptors (Lipinski definition) is 3. The van der Waals surface area contributed by atoms with Gasteiger partial charge in [-0.25, -0.2) is 0 Å². The number of Topliss-reactive ketones (excluding diaryl/α,β-unsaturated/α-hetero) is 1. The van der Waals surface area contributed by atoms with Gasteiger partial charge in [-0.2, -0.15) is 0 Å². The van der Waals surface area contributed by atoms with Crippen LogP contribution in [0, 0.1) is 13.8 Å². The summed E-state index contributed by atoms with van der Waals surface area (Å²) in [7, 11) is 1.93. The summed E-state index contributed by atoms with van der Waals surface area (Å²) in [4.78, 5) is 12.6. The molecule has 0 amide bonds. The third-order valence-corrected chi connectivity index (χ3v) is 5.18. The summed E-state index contributed by atoms with van der Waals surface area (Å²) in [6.45, 7) is 6.03. The van der Waals surface area contributed by atoms with Gasteiger partial charge < -0.3 is 15.4 Å². The molecule has 0 aliphatic heterocycles. The Kier molecular flexibility index (Phi) is 6.79. The number of benzene rings is 1. The van der Waals surface area contributed by atoms with Crippen LogP contribution < -0.4 is 5.73 Å². The Morgan fingerprint density at radius 3 is 2.62 bits per heavy atom. The number of hydrogen-bond donors (Lipinski definition) is 2. The van der Waals surface area contributed by atoms with E-state index in [-0.39, 0.29) is 12.4 Å². The van der Waals surface area contributed by atoms with E-state index in [9.17, 15) is 9.90 Å². The molecule has 2 aromatic rings. The van der Waals surface area contributed by atoms with Crippen LogP contribution in [0.25, 0.3) is 0 Å². The first-order valence-electron chi connectivity index (χ1n) is 9.37.